The Morgan fingerprint density at radius 1 is 1.33 bits per heavy atom. The number of aryl methyl sites for hydroxylation is 1. The first kappa shape index (κ1) is 14.5. The molecule has 1 aliphatic rings. The van der Waals surface area contributed by atoms with E-state index in [1.807, 2.05) is 0 Å². The Kier molecular flexibility index (Phi) is 4.56. The van der Waals surface area contributed by atoms with Crippen LogP contribution in [0, 0.1) is 0 Å². The van der Waals surface area contributed by atoms with E-state index in [2.05, 4.69) is 47.8 Å². The van der Waals surface area contributed by atoms with Gasteiger partial charge in [0.1, 0.15) is 5.82 Å². The molecule has 2 heterocycles. The van der Waals surface area contributed by atoms with E-state index in [-0.39, 0.29) is 0 Å². The fraction of sp³-hybridized carbons (Fsp3) is 0.588. The van der Waals surface area contributed by atoms with Crippen LogP contribution in [0.3, 0.4) is 0 Å². The Balaban J connectivity index is 1.82. The van der Waals surface area contributed by atoms with Crippen molar-refractivity contribution in [3.05, 3.63) is 30.1 Å². The smallest absolute Gasteiger partial charge is 0.109 e. The van der Waals surface area contributed by atoms with E-state index in [0.29, 0.717) is 6.10 Å². The van der Waals surface area contributed by atoms with Gasteiger partial charge in [0.05, 0.1) is 23.7 Å². The summed E-state index contributed by atoms with van der Waals surface area (Å²) < 4.78 is 8.19. The maximum atomic E-state index is 5.82. The van der Waals surface area contributed by atoms with Crippen LogP contribution in [0.4, 0.5) is 0 Å². The third kappa shape index (κ3) is 3.44. The van der Waals surface area contributed by atoms with Gasteiger partial charge < -0.3 is 14.2 Å². The van der Waals surface area contributed by atoms with Gasteiger partial charge in [-0.3, -0.25) is 0 Å². The average Bonchev–Trinajstić information content (AvgIpc) is 3.08. The summed E-state index contributed by atoms with van der Waals surface area (Å²) in [5, 5.41) is 0. The van der Waals surface area contributed by atoms with E-state index in [1.54, 1.807) is 0 Å². The van der Waals surface area contributed by atoms with Gasteiger partial charge in [-0.2, -0.15) is 0 Å². The Hall–Kier alpha value is -1.39. The lowest BCUT2D eigenvalue weighted by Crippen LogP contribution is -2.18. The van der Waals surface area contributed by atoms with Crippen LogP contribution in [0.25, 0.3) is 11.0 Å². The number of ether oxygens (including phenoxy) is 1. The number of hydrogen-bond acceptors (Lipinski definition) is 3. The van der Waals surface area contributed by atoms with Crippen molar-refractivity contribution >= 4 is 11.0 Å². The molecule has 0 N–H and O–H groups in total. The molecule has 3 rings (SSSR count). The molecule has 0 saturated carbocycles. The summed E-state index contributed by atoms with van der Waals surface area (Å²) in [5.41, 5.74) is 2.35. The van der Waals surface area contributed by atoms with E-state index in [4.69, 9.17) is 9.72 Å². The van der Waals surface area contributed by atoms with Crippen LogP contribution in [0.1, 0.15) is 25.1 Å². The number of fused-ring (bicyclic) bond motifs is 1. The third-order valence-corrected chi connectivity index (χ3v) is 4.15. The molecule has 1 aliphatic heterocycles. The van der Waals surface area contributed by atoms with Crippen molar-refractivity contribution in [2.75, 3.05) is 27.2 Å². The fourth-order valence-electron chi connectivity index (χ4n) is 3.07. The summed E-state index contributed by atoms with van der Waals surface area (Å²) in [6.07, 6.45) is 4.88. The molecule has 4 heteroatoms. The number of nitrogens with zero attached hydrogens (tertiary/aromatic N) is 3. The van der Waals surface area contributed by atoms with Gasteiger partial charge in [-0.1, -0.05) is 12.1 Å². The van der Waals surface area contributed by atoms with E-state index in [1.165, 1.54) is 24.2 Å². The Bertz CT molecular complexity index is 585. The Morgan fingerprint density at radius 2 is 2.19 bits per heavy atom. The predicted octanol–water partition coefficient (Wildman–Crippen LogP) is 2.71. The molecule has 1 saturated heterocycles. The monoisotopic (exact) mass is 287 g/mol. The zero-order valence-electron chi connectivity index (χ0n) is 13.1. The average molecular weight is 287 g/mol. The van der Waals surface area contributed by atoms with Crippen molar-refractivity contribution in [3.63, 3.8) is 0 Å². The summed E-state index contributed by atoms with van der Waals surface area (Å²) in [7, 11) is 4.24. The highest BCUT2D eigenvalue weighted by molar-refractivity contribution is 5.75. The van der Waals surface area contributed by atoms with Crippen molar-refractivity contribution in [3.8, 4) is 0 Å². The minimum absolute atomic E-state index is 0.357. The highest BCUT2D eigenvalue weighted by Crippen LogP contribution is 2.21. The van der Waals surface area contributed by atoms with Gasteiger partial charge in [0, 0.05) is 13.0 Å². The molecule has 1 aromatic carbocycles. The largest absolute Gasteiger partial charge is 0.376 e. The van der Waals surface area contributed by atoms with Crippen LogP contribution in [-0.2, 0) is 17.7 Å². The zero-order valence-corrected chi connectivity index (χ0v) is 13.1. The number of rotatable bonds is 6. The van der Waals surface area contributed by atoms with E-state index in [0.717, 1.165) is 38.1 Å². The third-order valence-electron chi connectivity index (χ3n) is 4.15. The lowest BCUT2D eigenvalue weighted by molar-refractivity contribution is 0.0972. The quantitative estimate of drug-likeness (QED) is 0.818. The number of benzene rings is 1. The predicted molar refractivity (Wildman–Crippen MR) is 85.6 cm³/mol. The molecule has 1 aromatic heterocycles. The van der Waals surface area contributed by atoms with Gasteiger partial charge in [-0.25, -0.2) is 4.98 Å². The Morgan fingerprint density at radius 3 is 2.95 bits per heavy atom. The lowest BCUT2D eigenvalue weighted by Gasteiger charge is -2.15. The highest BCUT2D eigenvalue weighted by Gasteiger charge is 2.19. The Labute approximate surface area is 126 Å². The van der Waals surface area contributed by atoms with E-state index >= 15 is 0 Å². The van der Waals surface area contributed by atoms with Crippen LogP contribution >= 0.6 is 0 Å². The SMILES string of the molecule is CN(C)CCCc1nc2ccccc2n1CC1CCCO1. The summed E-state index contributed by atoms with van der Waals surface area (Å²) in [6, 6.07) is 8.44. The second-order valence-corrected chi connectivity index (χ2v) is 6.17. The number of aromatic nitrogens is 2. The molecule has 2 aromatic rings. The van der Waals surface area contributed by atoms with Crippen LogP contribution < -0.4 is 0 Å². The molecule has 1 atom stereocenters. The zero-order chi connectivity index (χ0) is 14.7. The molecule has 4 nitrogen and oxygen atoms in total. The molecule has 0 spiro atoms. The van der Waals surface area contributed by atoms with Gasteiger partial charge in [0.2, 0.25) is 0 Å². The number of para-hydroxylation sites is 2. The van der Waals surface area contributed by atoms with Gasteiger partial charge in [0.15, 0.2) is 0 Å². The summed E-state index contributed by atoms with van der Waals surface area (Å²) in [4.78, 5) is 7.07. The van der Waals surface area contributed by atoms with Crippen molar-refractivity contribution in [2.24, 2.45) is 0 Å². The van der Waals surface area contributed by atoms with Crippen molar-refractivity contribution < 1.29 is 4.74 Å². The van der Waals surface area contributed by atoms with Crippen LogP contribution in [-0.4, -0.2) is 47.8 Å². The van der Waals surface area contributed by atoms with Gasteiger partial charge in [0.25, 0.3) is 0 Å². The summed E-state index contributed by atoms with van der Waals surface area (Å²) >= 11 is 0. The molecular formula is C17H25N3O. The highest BCUT2D eigenvalue weighted by atomic mass is 16.5. The second kappa shape index (κ2) is 6.58. The molecule has 0 bridgehead atoms. The molecular weight excluding hydrogens is 262 g/mol. The van der Waals surface area contributed by atoms with Crippen molar-refractivity contribution in [1.29, 1.82) is 0 Å². The standard InChI is InChI=1S/C17H25N3O/c1-19(2)11-5-10-17-18-15-8-3-4-9-16(15)20(17)13-14-7-6-12-21-14/h3-4,8-9,14H,5-7,10-13H2,1-2H3. The molecule has 0 aliphatic carbocycles. The van der Waals surface area contributed by atoms with Gasteiger partial charge >= 0.3 is 0 Å². The van der Waals surface area contributed by atoms with Crippen LogP contribution in [0.2, 0.25) is 0 Å². The minimum atomic E-state index is 0.357. The molecule has 1 fully saturated rings. The number of hydrogen-bond donors (Lipinski definition) is 0. The second-order valence-electron chi connectivity index (χ2n) is 6.17. The normalized spacial score (nSPS) is 18.9. The minimum Gasteiger partial charge on any atom is -0.376 e. The number of imidazole rings is 1. The van der Waals surface area contributed by atoms with Crippen molar-refractivity contribution in [2.45, 2.75) is 38.3 Å². The first-order chi connectivity index (χ1) is 10.2. The van der Waals surface area contributed by atoms with Crippen LogP contribution in [0.15, 0.2) is 24.3 Å². The molecule has 21 heavy (non-hydrogen) atoms. The maximum absolute atomic E-state index is 5.82. The summed E-state index contributed by atoms with van der Waals surface area (Å²) in [6.45, 7) is 2.95. The molecule has 0 radical (unpaired) electrons. The molecule has 0 amide bonds. The van der Waals surface area contributed by atoms with Gasteiger partial charge in [-0.05, 0) is 52.0 Å². The fourth-order valence-corrected chi connectivity index (χ4v) is 3.07. The maximum Gasteiger partial charge on any atom is 0.109 e. The first-order valence-electron chi connectivity index (χ1n) is 7.94. The van der Waals surface area contributed by atoms with Crippen molar-refractivity contribution in [1.82, 2.24) is 14.5 Å². The van der Waals surface area contributed by atoms with E-state index in [9.17, 15) is 0 Å². The van der Waals surface area contributed by atoms with Crippen LogP contribution in [0.5, 0.6) is 0 Å². The van der Waals surface area contributed by atoms with E-state index < -0.39 is 0 Å². The topological polar surface area (TPSA) is 30.3 Å². The van der Waals surface area contributed by atoms with Gasteiger partial charge in [-0.15, -0.1) is 0 Å². The summed E-state index contributed by atoms with van der Waals surface area (Å²) in [5.74, 6) is 1.20. The lowest BCUT2D eigenvalue weighted by atomic mass is 10.2. The first-order valence-corrected chi connectivity index (χ1v) is 7.94. The molecule has 1 unspecified atom stereocenters. The molecule has 114 valence electrons.